The van der Waals surface area contributed by atoms with Crippen LogP contribution in [0.15, 0.2) is 37.0 Å². The summed E-state index contributed by atoms with van der Waals surface area (Å²) in [6.07, 6.45) is 10.2. The molecule has 0 saturated carbocycles. The molecule has 1 nitrogen and oxygen atoms in total. The molecule has 0 aromatic heterocycles. The van der Waals surface area contributed by atoms with Crippen molar-refractivity contribution >= 4 is 5.78 Å². The molecule has 1 heteroatoms. The normalized spacial score (nSPS) is 28.5. The van der Waals surface area contributed by atoms with E-state index in [1.165, 1.54) is 0 Å². The molecule has 0 saturated heterocycles. The van der Waals surface area contributed by atoms with Crippen molar-refractivity contribution < 1.29 is 4.79 Å². The van der Waals surface area contributed by atoms with Crippen LogP contribution in [0.5, 0.6) is 0 Å². The number of rotatable bonds is 2. The SMILES string of the molecule is C=CC1(C(C)=O)C=CC=CC1. The lowest BCUT2D eigenvalue weighted by Gasteiger charge is -2.23. The van der Waals surface area contributed by atoms with Crippen molar-refractivity contribution in [3.05, 3.63) is 37.0 Å². The Balaban J connectivity index is 2.94. The van der Waals surface area contributed by atoms with E-state index >= 15 is 0 Å². The number of ketones is 1. The number of Topliss-reactive ketones (excluding diaryl/α,β-unsaturated/α-hetero) is 1. The third-order valence-electron chi connectivity index (χ3n) is 2.12. The number of hydrogen-bond acceptors (Lipinski definition) is 1. The molecule has 1 aliphatic rings. The zero-order valence-corrected chi connectivity index (χ0v) is 6.71. The van der Waals surface area contributed by atoms with Crippen molar-refractivity contribution in [3.63, 3.8) is 0 Å². The molecular formula is C10H12O. The second-order valence-electron chi connectivity index (χ2n) is 2.79. The van der Waals surface area contributed by atoms with Crippen LogP contribution in [-0.2, 0) is 4.79 Å². The molecule has 0 spiro atoms. The minimum Gasteiger partial charge on any atom is -0.299 e. The predicted octanol–water partition coefficient (Wildman–Crippen LogP) is 2.26. The van der Waals surface area contributed by atoms with Gasteiger partial charge in [-0.2, -0.15) is 0 Å². The first-order valence-electron chi connectivity index (χ1n) is 3.70. The Hall–Kier alpha value is -1.11. The van der Waals surface area contributed by atoms with Gasteiger partial charge in [-0.1, -0.05) is 30.4 Å². The van der Waals surface area contributed by atoms with Crippen LogP contribution < -0.4 is 0 Å². The monoisotopic (exact) mass is 148 g/mol. The zero-order valence-electron chi connectivity index (χ0n) is 6.71. The highest BCUT2D eigenvalue weighted by Crippen LogP contribution is 2.29. The molecule has 1 unspecified atom stereocenters. The van der Waals surface area contributed by atoms with Gasteiger partial charge in [0, 0.05) is 0 Å². The predicted molar refractivity (Wildman–Crippen MR) is 46.2 cm³/mol. The van der Waals surface area contributed by atoms with Crippen molar-refractivity contribution in [3.8, 4) is 0 Å². The summed E-state index contributed by atoms with van der Waals surface area (Å²) in [7, 11) is 0. The van der Waals surface area contributed by atoms with Crippen LogP contribution >= 0.6 is 0 Å². The molecule has 0 N–H and O–H groups in total. The summed E-state index contributed by atoms with van der Waals surface area (Å²) < 4.78 is 0. The molecule has 1 rings (SSSR count). The summed E-state index contributed by atoms with van der Waals surface area (Å²) in [6.45, 7) is 5.27. The molecule has 0 bridgehead atoms. The van der Waals surface area contributed by atoms with Crippen molar-refractivity contribution in [1.29, 1.82) is 0 Å². The summed E-state index contributed by atoms with van der Waals surface area (Å²) >= 11 is 0. The number of carbonyl (C=O) groups is 1. The summed E-state index contributed by atoms with van der Waals surface area (Å²) in [5.74, 6) is 0.160. The van der Waals surface area contributed by atoms with E-state index in [4.69, 9.17) is 0 Å². The van der Waals surface area contributed by atoms with E-state index in [1.807, 2.05) is 24.3 Å². The quantitative estimate of drug-likeness (QED) is 0.549. The molecule has 0 fully saturated rings. The lowest BCUT2D eigenvalue weighted by Crippen LogP contribution is -2.24. The van der Waals surface area contributed by atoms with E-state index < -0.39 is 5.41 Å². The smallest absolute Gasteiger partial charge is 0.143 e. The van der Waals surface area contributed by atoms with E-state index in [1.54, 1.807) is 13.0 Å². The summed E-state index contributed by atoms with van der Waals surface area (Å²) in [4.78, 5) is 11.2. The van der Waals surface area contributed by atoms with Crippen molar-refractivity contribution in [2.75, 3.05) is 0 Å². The van der Waals surface area contributed by atoms with Gasteiger partial charge in [0.05, 0.1) is 5.41 Å². The van der Waals surface area contributed by atoms with Gasteiger partial charge in [-0.15, -0.1) is 6.58 Å². The lowest BCUT2D eigenvalue weighted by atomic mass is 9.78. The largest absolute Gasteiger partial charge is 0.299 e. The van der Waals surface area contributed by atoms with E-state index in [0.717, 1.165) is 6.42 Å². The molecule has 1 aliphatic carbocycles. The van der Waals surface area contributed by atoms with Gasteiger partial charge in [0.2, 0.25) is 0 Å². The van der Waals surface area contributed by atoms with Crippen LogP contribution in [0, 0.1) is 5.41 Å². The first-order chi connectivity index (χ1) is 5.21. The fraction of sp³-hybridized carbons (Fsp3) is 0.300. The Kier molecular flexibility index (Phi) is 2.08. The first kappa shape index (κ1) is 7.99. The molecule has 0 aromatic rings. The van der Waals surface area contributed by atoms with Crippen molar-refractivity contribution in [2.45, 2.75) is 13.3 Å². The van der Waals surface area contributed by atoms with Gasteiger partial charge >= 0.3 is 0 Å². The van der Waals surface area contributed by atoms with Crippen LogP contribution in [-0.4, -0.2) is 5.78 Å². The maximum Gasteiger partial charge on any atom is 0.143 e. The van der Waals surface area contributed by atoms with Gasteiger partial charge in [-0.05, 0) is 13.3 Å². The molecule has 1 atom stereocenters. The molecule has 0 aliphatic heterocycles. The molecule has 11 heavy (non-hydrogen) atoms. The average molecular weight is 148 g/mol. The van der Waals surface area contributed by atoms with Crippen LogP contribution in [0.2, 0.25) is 0 Å². The second kappa shape index (κ2) is 2.87. The van der Waals surface area contributed by atoms with Crippen LogP contribution in [0.4, 0.5) is 0 Å². The number of carbonyl (C=O) groups excluding carboxylic acids is 1. The van der Waals surface area contributed by atoms with Gasteiger partial charge in [-0.25, -0.2) is 0 Å². The number of hydrogen-bond donors (Lipinski definition) is 0. The number of allylic oxidation sites excluding steroid dienone is 5. The maximum absolute atomic E-state index is 11.2. The van der Waals surface area contributed by atoms with Crippen molar-refractivity contribution in [2.24, 2.45) is 5.41 Å². The Morgan fingerprint density at radius 2 is 2.36 bits per heavy atom. The van der Waals surface area contributed by atoms with E-state index in [9.17, 15) is 4.79 Å². The Morgan fingerprint density at radius 3 is 2.64 bits per heavy atom. The fourth-order valence-corrected chi connectivity index (χ4v) is 1.19. The van der Waals surface area contributed by atoms with E-state index in [0.29, 0.717) is 0 Å². The Morgan fingerprint density at radius 1 is 1.64 bits per heavy atom. The highest BCUT2D eigenvalue weighted by molar-refractivity contribution is 5.87. The highest BCUT2D eigenvalue weighted by Gasteiger charge is 2.28. The Labute approximate surface area is 67.1 Å². The Bertz CT molecular complexity index is 235. The average Bonchev–Trinajstić information content (AvgIpc) is 2.05. The second-order valence-corrected chi connectivity index (χ2v) is 2.79. The summed E-state index contributed by atoms with van der Waals surface area (Å²) in [5.41, 5.74) is -0.422. The molecule has 0 aromatic carbocycles. The minimum atomic E-state index is -0.422. The third-order valence-corrected chi connectivity index (χ3v) is 2.12. The zero-order chi connectivity index (χ0) is 8.32. The van der Waals surface area contributed by atoms with E-state index in [2.05, 4.69) is 6.58 Å². The van der Waals surface area contributed by atoms with Gasteiger partial charge in [0.15, 0.2) is 0 Å². The summed E-state index contributed by atoms with van der Waals surface area (Å²) in [6, 6.07) is 0. The first-order valence-corrected chi connectivity index (χ1v) is 3.70. The molecule has 0 amide bonds. The lowest BCUT2D eigenvalue weighted by molar-refractivity contribution is -0.122. The standard InChI is InChI=1S/C10H12O/c1-3-10(9(2)11)7-5-4-6-8-10/h3-7H,1,8H2,2H3. The topological polar surface area (TPSA) is 17.1 Å². The van der Waals surface area contributed by atoms with Gasteiger partial charge < -0.3 is 0 Å². The highest BCUT2D eigenvalue weighted by atomic mass is 16.1. The van der Waals surface area contributed by atoms with E-state index in [-0.39, 0.29) is 5.78 Å². The van der Waals surface area contributed by atoms with Crippen LogP contribution in [0.25, 0.3) is 0 Å². The molecule has 58 valence electrons. The molecule has 0 heterocycles. The van der Waals surface area contributed by atoms with Gasteiger partial charge in [0.1, 0.15) is 5.78 Å². The summed E-state index contributed by atoms with van der Waals surface area (Å²) in [5, 5.41) is 0. The van der Waals surface area contributed by atoms with Crippen LogP contribution in [0.3, 0.4) is 0 Å². The van der Waals surface area contributed by atoms with Crippen molar-refractivity contribution in [1.82, 2.24) is 0 Å². The van der Waals surface area contributed by atoms with Gasteiger partial charge in [0.25, 0.3) is 0 Å². The van der Waals surface area contributed by atoms with Crippen LogP contribution in [0.1, 0.15) is 13.3 Å². The molecule has 0 radical (unpaired) electrons. The van der Waals surface area contributed by atoms with Gasteiger partial charge in [-0.3, -0.25) is 4.79 Å². The maximum atomic E-state index is 11.2. The third kappa shape index (κ3) is 1.32. The minimum absolute atomic E-state index is 0.160. The molecular weight excluding hydrogens is 136 g/mol. The fourth-order valence-electron chi connectivity index (χ4n) is 1.19.